The molecule has 0 aromatic rings. The van der Waals surface area contributed by atoms with Crippen LogP contribution >= 0.6 is 0 Å². The van der Waals surface area contributed by atoms with Crippen LogP contribution in [-0.4, -0.2) is 16.7 Å². The number of unbranched alkanes of at least 4 members (excludes halogenated alkanes) is 2. The minimum atomic E-state index is -0.0611. The summed E-state index contributed by atoms with van der Waals surface area (Å²) in [7, 11) is 0. The highest BCUT2D eigenvalue weighted by molar-refractivity contribution is 5.98. The van der Waals surface area contributed by atoms with Gasteiger partial charge in [-0.2, -0.15) is 0 Å². The summed E-state index contributed by atoms with van der Waals surface area (Å²) in [4.78, 5) is 23.9. The Morgan fingerprint density at radius 3 is 2.50 bits per heavy atom. The maximum Gasteiger partial charge on any atom is 0.233 e. The fraction of sp³-hybridized carbons (Fsp3) is 0.636. The van der Waals surface area contributed by atoms with E-state index in [0.29, 0.717) is 19.3 Å². The van der Waals surface area contributed by atoms with Crippen molar-refractivity contribution in [3.05, 3.63) is 12.3 Å². The van der Waals surface area contributed by atoms with E-state index < -0.39 is 0 Å². The summed E-state index contributed by atoms with van der Waals surface area (Å²) in [5.41, 5.74) is 0. The van der Waals surface area contributed by atoms with Crippen LogP contribution < -0.4 is 0 Å². The van der Waals surface area contributed by atoms with Gasteiger partial charge in [0.25, 0.3) is 0 Å². The third-order valence-corrected chi connectivity index (χ3v) is 2.30. The molecule has 1 heterocycles. The van der Waals surface area contributed by atoms with Gasteiger partial charge >= 0.3 is 0 Å². The zero-order valence-corrected chi connectivity index (χ0v) is 8.66. The molecule has 14 heavy (non-hydrogen) atoms. The zero-order chi connectivity index (χ0) is 10.4. The van der Waals surface area contributed by atoms with E-state index >= 15 is 0 Å². The Morgan fingerprint density at radius 1 is 1.29 bits per heavy atom. The molecule has 0 saturated carbocycles. The van der Waals surface area contributed by atoms with Gasteiger partial charge in [0.15, 0.2) is 0 Å². The van der Waals surface area contributed by atoms with Crippen molar-refractivity contribution >= 4 is 11.8 Å². The lowest BCUT2D eigenvalue weighted by Crippen LogP contribution is -2.35. The first-order valence-electron chi connectivity index (χ1n) is 5.27. The molecule has 1 aliphatic heterocycles. The summed E-state index contributed by atoms with van der Waals surface area (Å²) in [5.74, 6) is -0.122. The molecule has 1 saturated heterocycles. The molecule has 0 aliphatic carbocycles. The summed E-state index contributed by atoms with van der Waals surface area (Å²) < 4.78 is 0. The van der Waals surface area contributed by atoms with E-state index in [0.717, 1.165) is 19.3 Å². The number of allylic oxidation sites excluding steroid dienone is 1. The van der Waals surface area contributed by atoms with Gasteiger partial charge in [-0.1, -0.05) is 25.8 Å². The monoisotopic (exact) mass is 195 g/mol. The van der Waals surface area contributed by atoms with Crippen LogP contribution in [0.15, 0.2) is 12.3 Å². The maximum atomic E-state index is 11.3. The predicted molar refractivity (Wildman–Crippen MR) is 54.4 cm³/mol. The Morgan fingerprint density at radius 2 is 1.93 bits per heavy atom. The van der Waals surface area contributed by atoms with Crippen LogP contribution in [0.4, 0.5) is 0 Å². The summed E-state index contributed by atoms with van der Waals surface area (Å²) in [6.07, 6.45) is 8.43. The van der Waals surface area contributed by atoms with E-state index in [9.17, 15) is 9.59 Å². The van der Waals surface area contributed by atoms with Crippen LogP contribution in [0.1, 0.15) is 45.4 Å². The first-order chi connectivity index (χ1) is 6.75. The second-order valence-corrected chi connectivity index (χ2v) is 3.54. The number of hydrogen-bond acceptors (Lipinski definition) is 2. The molecular weight excluding hydrogens is 178 g/mol. The Hall–Kier alpha value is -1.12. The normalized spacial score (nSPS) is 18.2. The quantitative estimate of drug-likeness (QED) is 0.509. The first kappa shape index (κ1) is 11.0. The first-order valence-corrected chi connectivity index (χ1v) is 5.27. The molecule has 0 bridgehead atoms. The molecule has 0 radical (unpaired) electrons. The average Bonchev–Trinajstić information content (AvgIpc) is 2.16. The van der Waals surface area contributed by atoms with Crippen molar-refractivity contribution in [3.63, 3.8) is 0 Å². The minimum Gasteiger partial charge on any atom is -0.274 e. The van der Waals surface area contributed by atoms with Crippen LogP contribution in [0.25, 0.3) is 0 Å². The molecule has 0 aromatic carbocycles. The molecule has 0 aromatic heterocycles. The summed E-state index contributed by atoms with van der Waals surface area (Å²) in [5, 5.41) is 0. The Labute approximate surface area is 84.8 Å². The van der Waals surface area contributed by atoms with Gasteiger partial charge in [-0.05, 0) is 12.8 Å². The number of imide groups is 1. The number of piperidine rings is 1. The lowest BCUT2D eigenvalue weighted by atomic mass is 10.1. The lowest BCUT2D eigenvalue weighted by molar-refractivity contribution is -0.144. The van der Waals surface area contributed by atoms with Crippen molar-refractivity contribution in [3.8, 4) is 0 Å². The molecular formula is C11H17NO2. The minimum absolute atomic E-state index is 0.0611. The van der Waals surface area contributed by atoms with E-state index in [1.807, 2.05) is 6.08 Å². The molecule has 0 N–H and O–H groups in total. The van der Waals surface area contributed by atoms with E-state index in [2.05, 4.69) is 6.92 Å². The summed E-state index contributed by atoms with van der Waals surface area (Å²) in [6.45, 7) is 2.12. The number of rotatable bonds is 4. The summed E-state index contributed by atoms with van der Waals surface area (Å²) >= 11 is 0. The standard InChI is InChI=1S/C11H17NO2/c1-2-3-4-5-9-12-10(13)7-6-8-11(12)14/h5,9H,2-4,6-8H2,1H3/b9-5-. The van der Waals surface area contributed by atoms with E-state index in [4.69, 9.17) is 0 Å². The van der Waals surface area contributed by atoms with Crippen LogP contribution in [0.3, 0.4) is 0 Å². The fourth-order valence-electron chi connectivity index (χ4n) is 1.44. The second-order valence-electron chi connectivity index (χ2n) is 3.54. The SMILES string of the molecule is CCCC/C=C\N1C(=O)CCCC1=O. The van der Waals surface area contributed by atoms with Gasteiger partial charge in [-0.25, -0.2) is 0 Å². The average molecular weight is 195 g/mol. The molecule has 0 spiro atoms. The van der Waals surface area contributed by atoms with Crippen molar-refractivity contribution in [1.29, 1.82) is 0 Å². The van der Waals surface area contributed by atoms with Crippen molar-refractivity contribution < 1.29 is 9.59 Å². The molecule has 3 nitrogen and oxygen atoms in total. The smallest absolute Gasteiger partial charge is 0.233 e. The topological polar surface area (TPSA) is 37.4 Å². The highest BCUT2D eigenvalue weighted by Crippen LogP contribution is 2.12. The Balaban J connectivity index is 2.43. The number of hydrogen-bond donors (Lipinski definition) is 0. The Kier molecular flexibility index (Phi) is 4.36. The van der Waals surface area contributed by atoms with Gasteiger partial charge in [0.1, 0.15) is 0 Å². The van der Waals surface area contributed by atoms with Crippen LogP contribution in [0.2, 0.25) is 0 Å². The largest absolute Gasteiger partial charge is 0.274 e. The predicted octanol–water partition coefficient (Wildman–Crippen LogP) is 2.23. The number of carbonyl (C=O) groups is 2. The lowest BCUT2D eigenvalue weighted by Gasteiger charge is -2.20. The fourth-order valence-corrected chi connectivity index (χ4v) is 1.44. The third-order valence-electron chi connectivity index (χ3n) is 2.30. The highest BCUT2D eigenvalue weighted by atomic mass is 16.2. The van der Waals surface area contributed by atoms with Crippen LogP contribution in [0, 0.1) is 0 Å². The van der Waals surface area contributed by atoms with Crippen molar-refractivity contribution in [1.82, 2.24) is 4.90 Å². The van der Waals surface area contributed by atoms with E-state index in [-0.39, 0.29) is 11.8 Å². The van der Waals surface area contributed by atoms with E-state index in [1.165, 1.54) is 4.90 Å². The van der Waals surface area contributed by atoms with Gasteiger partial charge in [0.2, 0.25) is 11.8 Å². The highest BCUT2D eigenvalue weighted by Gasteiger charge is 2.23. The number of likely N-dealkylation sites (tertiary alicyclic amines) is 1. The van der Waals surface area contributed by atoms with Gasteiger partial charge in [-0.15, -0.1) is 0 Å². The molecule has 78 valence electrons. The molecule has 0 atom stereocenters. The maximum absolute atomic E-state index is 11.3. The van der Waals surface area contributed by atoms with E-state index in [1.54, 1.807) is 6.20 Å². The molecule has 1 rings (SSSR count). The molecule has 0 unspecified atom stereocenters. The number of carbonyl (C=O) groups excluding carboxylic acids is 2. The van der Waals surface area contributed by atoms with Crippen LogP contribution in [0.5, 0.6) is 0 Å². The van der Waals surface area contributed by atoms with Gasteiger partial charge in [-0.3, -0.25) is 14.5 Å². The number of nitrogens with zero attached hydrogens (tertiary/aromatic N) is 1. The van der Waals surface area contributed by atoms with Gasteiger partial charge in [0.05, 0.1) is 0 Å². The third kappa shape index (κ3) is 2.98. The summed E-state index contributed by atoms with van der Waals surface area (Å²) in [6, 6.07) is 0. The molecule has 3 heteroatoms. The Bertz CT molecular complexity index is 230. The molecule has 2 amide bonds. The molecule has 1 aliphatic rings. The molecule has 1 fully saturated rings. The zero-order valence-electron chi connectivity index (χ0n) is 8.66. The van der Waals surface area contributed by atoms with Gasteiger partial charge in [0, 0.05) is 19.0 Å². The second kappa shape index (κ2) is 5.58. The van der Waals surface area contributed by atoms with Crippen LogP contribution in [-0.2, 0) is 9.59 Å². The van der Waals surface area contributed by atoms with Gasteiger partial charge < -0.3 is 0 Å². The number of amides is 2. The van der Waals surface area contributed by atoms with Crippen molar-refractivity contribution in [2.24, 2.45) is 0 Å². The van der Waals surface area contributed by atoms with Crippen molar-refractivity contribution in [2.75, 3.05) is 0 Å². The van der Waals surface area contributed by atoms with Crippen molar-refractivity contribution in [2.45, 2.75) is 45.4 Å².